The number of unbranched alkanes of at least 4 members (excludes halogenated alkanes) is 2. The van der Waals surface area contributed by atoms with E-state index in [2.05, 4.69) is 21.2 Å². The van der Waals surface area contributed by atoms with Gasteiger partial charge >= 0.3 is 0 Å². The van der Waals surface area contributed by atoms with E-state index in [1.165, 1.54) is 19.8 Å². The first kappa shape index (κ1) is 29.0. The third-order valence-electron chi connectivity index (χ3n) is 4.55. The van der Waals surface area contributed by atoms with Crippen LogP contribution in [0.25, 0.3) is 0 Å². The minimum absolute atomic E-state index is 0.0164. The van der Waals surface area contributed by atoms with Crippen molar-refractivity contribution in [2.45, 2.75) is 66.7 Å². The van der Waals surface area contributed by atoms with Gasteiger partial charge in [0.05, 0.1) is 6.61 Å². The summed E-state index contributed by atoms with van der Waals surface area (Å²) in [4.78, 5) is 41.9. The van der Waals surface area contributed by atoms with Gasteiger partial charge in [0, 0.05) is 29.2 Å². The van der Waals surface area contributed by atoms with Crippen LogP contribution < -0.4 is 10.1 Å². The predicted octanol–water partition coefficient (Wildman–Crippen LogP) is 5.04. The Morgan fingerprint density at radius 1 is 1.26 bits per heavy atom. The molecule has 1 aromatic carbocycles. The van der Waals surface area contributed by atoms with Crippen LogP contribution in [-0.2, 0) is 14.4 Å². The van der Waals surface area contributed by atoms with Gasteiger partial charge < -0.3 is 9.53 Å². The molecule has 6 nitrogen and oxygen atoms in total. The molecule has 1 aliphatic rings. The second-order valence-electron chi connectivity index (χ2n) is 7.68. The van der Waals surface area contributed by atoms with E-state index in [0.717, 1.165) is 41.5 Å². The van der Waals surface area contributed by atoms with Crippen molar-refractivity contribution in [3.05, 3.63) is 29.3 Å². The molecule has 0 spiro atoms. The van der Waals surface area contributed by atoms with E-state index in [-0.39, 0.29) is 29.4 Å². The Hall–Kier alpha value is -2.02. The molecule has 0 aliphatic carbocycles. The second-order valence-corrected chi connectivity index (χ2v) is 8.47. The van der Waals surface area contributed by atoms with Gasteiger partial charge in [-0.1, -0.05) is 36.7 Å². The molecule has 1 N–H and O–H groups in total. The Kier molecular flexibility index (Phi) is 15.6. The summed E-state index contributed by atoms with van der Waals surface area (Å²) in [6.45, 7) is 9.82. The van der Waals surface area contributed by atoms with Crippen molar-refractivity contribution >= 4 is 39.8 Å². The highest BCUT2D eigenvalue weighted by molar-refractivity contribution is 9.09. The van der Waals surface area contributed by atoms with Crippen molar-refractivity contribution in [2.24, 2.45) is 11.8 Å². The van der Waals surface area contributed by atoms with Gasteiger partial charge in [0.25, 0.3) is 0 Å². The normalized spacial score (nSPS) is 15.1. The number of Topliss-reactive ketones (excluding diaryl/α,β-unsaturated/α-hetero) is 1. The summed E-state index contributed by atoms with van der Waals surface area (Å²) in [7, 11) is 0. The van der Waals surface area contributed by atoms with Gasteiger partial charge in [-0.15, -0.1) is 0 Å². The number of aryl methyl sites for hydroxylation is 1. The SMILES string of the molecule is CC1CCC(=O)NC1=O.CC=O.Cc1cc(OCCCCCBr)ccc1C(=O)C(C)C. The average molecular weight is 498 g/mol. The Labute approximate surface area is 194 Å². The van der Waals surface area contributed by atoms with Crippen LogP contribution in [0.1, 0.15) is 75.7 Å². The molecule has 1 aliphatic heterocycles. The number of alkyl halides is 1. The molecule has 1 atom stereocenters. The first-order valence-corrected chi connectivity index (χ1v) is 11.9. The Bertz CT molecular complexity index is 718. The first-order chi connectivity index (χ1) is 14.7. The van der Waals surface area contributed by atoms with Gasteiger partial charge in [-0.3, -0.25) is 19.7 Å². The number of imide groups is 1. The second kappa shape index (κ2) is 16.6. The summed E-state index contributed by atoms with van der Waals surface area (Å²) in [6.07, 6.45) is 5.37. The summed E-state index contributed by atoms with van der Waals surface area (Å²) >= 11 is 3.42. The standard InChI is InChI=1S/C16H23BrO2.C6H9NO2.C2H4O/c1-12(2)16(18)15-8-7-14(11-13(15)3)19-10-6-4-5-9-17;1-4-2-3-5(8)7-6(4)9;1-2-3/h7-8,11-12H,4-6,9-10H2,1-3H3;4H,2-3H2,1H3,(H,7,8,9);2H,1H3. The fourth-order valence-electron chi connectivity index (χ4n) is 2.68. The van der Waals surface area contributed by atoms with Crippen LogP contribution in [-0.4, -0.2) is 35.8 Å². The number of nitrogens with one attached hydrogen (secondary N) is 1. The maximum absolute atomic E-state index is 12.0. The molecule has 0 saturated carbocycles. The van der Waals surface area contributed by atoms with Crippen molar-refractivity contribution in [2.75, 3.05) is 11.9 Å². The van der Waals surface area contributed by atoms with Crippen molar-refractivity contribution in [1.82, 2.24) is 5.32 Å². The molecular formula is C24H36BrNO5. The number of carbonyl (C=O) groups is 4. The van der Waals surface area contributed by atoms with E-state index in [1.807, 2.05) is 45.9 Å². The van der Waals surface area contributed by atoms with Crippen LogP contribution >= 0.6 is 15.9 Å². The number of ketones is 1. The molecule has 2 rings (SSSR count). The number of amides is 2. The van der Waals surface area contributed by atoms with Crippen molar-refractivity contribution < 1.29 is 23.9 Å². The third kappa shape index (κ3) is 12.4. The molecule has 2 amide bonds. The smallest absolute Gasteiger partial charge is 0.229 e. The van der Waals surface area contributed by atoms with E-state index in [0.29, 0.717) is 12.8 Å². The number of piperidine rings is 1. The Balaban J connectivity index is 0.000000619. The Morgan fingerprint density at radius 3 is 2.39 bits per heavy atom. The van der Waals surface area contributed by atoms with Gasteiger partial charge in [0.2, 0.25) is 11.8 Å². The lowest BCUT2D eigenvalue weighted by Gasteiger charge is -2.15. The quantitative estimate of drug-likeness (QED) is 0.178. The van der Waals surface area contributed by atoms with E-state index in [9.17, 15) is 14.4 Å². The molecule has 7 heteroatoms. The molecular weight excluding hydrogens is 462 g/mol. The van der Waals surface area contributed by atoms with E-state index in [1.54, 1.807) is 0 Å². The van der Waals surface area contributed by atoms with Crippen LogP contribution in [0, 0.1) is 18.8 Å². The molecule has 31 heavy (non-hydrogen) atoms. The summed E-state index contributed by atoms with van der Waals surface area (Å²) < 4.78 is 5.70. The van der Waals surface area contributed by atoms with Gasteiger partial charge in [-0.25, -0.2) is 0 Å². The maximum atomic E-state index is 12.0. The summed E-state index contributed by atoms with van der Waals surface area (Å²) in [5.74, 6) is 0.833. The minimum atomic E-state index is -0.141. The van der Waals surface area contributed by atoms with Crippen molar-refractivity contribution in [3.63, 3.8) is 0 Å². The van der Waals surface area contributed by atoms with Crippen LogP contribution in [0.4, 0.5) is 0 Å². The van der Waals surface area contributed by atoms with Crippen LogP contribution in [0.2, 0.25) is 0 Å². The summed E-state index contributed by atoms with van der Waals surface area (Å²) in [5.41, 5.74) is 1.80. The molecule has 1 saturated heterocycles. The largest absolute Gasteiger partial charge is 0.494 e. The molecule has 1 fully saturated rings. The highest BCUT2D eigenvalue weighted by atomic mass is 79.9. The number of hydrogen-bond acceptors (Lipinski definition) is 5. The van der Waals surface area contributed by atoms with Crippen LogP contribution in [0.15, 0.2) is 18.2 Å². The summed E-state index contributed by atoms with van der Waals surface area (Å²) in [6, 6.07) is 5.73. The fourth-order valence-corrected chi connectivity index (χ4v) is 3.08. The molecule has 1 heterocycles. The zero-order valence-electron chi connectivity index (χ0n) is 19.3. The lowest BCUT2D eigenvalue weighted by Crippen LogP contribution is -2.39. The van der Waals surface area contributed by atoms with E-state index < -0.39 is 0 Å². The lowest BCUT2D eigenvalue weighted by molar-refractivity contribution is -0.135. The minimum Gasteiger partial charge on any atom is -0.494 e. The van der Waals surface area contributed by atoms with Crippen molar-refractivity contribution in [1.29, 1.82) is 0 Å². The van der Waals surface area contributed by atoms with Gasteiger partial charge in [0.1, 0.15) is 12.0 Å². The first-order valence-electron chi connectivity index (χ1n) is 10.7. The number of hydrogen-bond donors (Lipinski definition) is 1. The number of aldehydes is 1. The number of ether oxygens (including phenoxy) is 1. The molecule has 174 valence electrons. The zero-order valence-corrected chi connectivity index (χ0v) is 20.9. The number of rotatable bonds is 8. The monoisotopic (exact) mass is 497 g/mol. The predicted molar refractivity (Wildman–Crippen MR) is 127 cm³/mol. The number of halogens is 1. The molecule has 1 unspecified atom stereocenters. The number of carbonyl (C=O) groups excluding carboxylic acids is 4. The third-order valence-corrected chi connectivity index (χ3v) is 5.11. The maximum Gasteiger partial charge on any atom is 0.229 e. The van der Waals surface area contributed by atoms with Gasteiger partial charge in [-0.2, -0.15) is 0 Å². The van der Waals surface area contributed by atoms with Crippen LogP contribution in [0.3, 0.4) is 0 Å². The summed E-state index contributed by atoms with van der Waals surface area (Å²) in [5, 5.41) is 3.30. The van der Waals surface area contributed by atoms with E-state index in [4.69, 9.17) is 9.53 Å². The Morgan fingerprint density at radius 2 is 1.90 bits per heavy atom. The van der Waals surface area contributed by atoms with Crippen LogP contribution in [0.5, 0.6) is 5.75 Å². The molecule has 0 bridgehead atoms. The lowest BCUT2D eigenvalue weighted by atomic mass is 9.97. The van der Waals surface area contributed by atoms with E-state index >= 15 is 0 Å². The average Bonchev–Trinajstić information content (AvgIpc) is 2.71. The number of benzene rings is 1. The van der Waals surface area contributed by atoms with Crippen molar-refractivity contribution in [3.8, 4) is 5.75 Å². The topological polar surface area (TPSA) is 89.5 Å². The highest BCUT2D eigenvalue weighted by Gasteiger charge is 2.21. The molecule has 1 aromatic rings. The highest BCUT2D eigenvalue weighted by Crippen LogP contribution is 2.20. The fraction of sp³-hybridized carbons (Fsp3) is 0.583. The van der Waals surface area contributed by atoms with Gasteiger partial charge in [-0.05, 0) is 63.3 Å². The molecule has 0 aromatic heterocycles. The van der Waals surface area contributed by atoms with Gasteiger partial charge in [0.15, 0.2) is 5.78 Å². The zero-order chi connectivity index (χ0) is 23.8. The molecule has 0 radical (unpaired) electrons.